The van der Waals surface area contributed by atoms with Gasteiger partial charge in [-0.2, -0.15) is 0 Å². The van der Waals surface area contributed by atoms with E-state index in [2.05, 4.69) is 19.2 Å². The minimum atomic E-state index is 0.692. The summed E-state index contributed by atoms with van der Waals surface area (Å²) in [6.45, 7) is 6.52. The Morgan fingerprint density at radius 1 is 1.15 bits per heavy atom. The lowest BCUT2D eigenvalue weighted by atomic mass is 10.1. The topological polar surface area (TPSA) is 38.0 Å². The maximum atomic E-state index is 5.42. The third-order valence-electron chi connectivity index (χ3n) is 2.36. The predicted molar refractivity (Wildman–Crippen MR) is 59.9 cm³/mol. The number of hydrogen-bond donors (Lipinski definition) is 2. The molecule has 0 aromatic carbocycles. The Labute approximate surface area is 83.3 Å². The smallest absolute Gasteiger partial charge is 0.00387 e. The average molecular weight is 186 g/mol. The van der Waals surface area contributed by atoms with Crippen molar-refractivity contribution in [2.45, 2.75) is 58.4 Å². The summed E-state index contributed by atoms with van der Waals surface area (Å²) >= 11 is 0. The lowest BCUT2D eigenvalue weighted by Crippen LogP contribution is -2.26. The Morgan fingerprint density at radius 2 is 1.92 bits per heavy atom. The fourth-order valence-corrected chi connectivity index (χ4v) is 1.41. The van der Waals surface area contributed by atoms with Gasteiger partial charge in [0.1, 0.15) is 0 Å². The molecule has 0 amide bonds. The zero-order valence-corrected chi connectivity index (χ0v) is 9.31. The Kier molecular flexibility index (Phi) is 9.94. The van der Waals surface area contributed by atoms with E-state index in [0.717, 1.165) is 13.1 Å². The van der Waals surface area contributed by atoms with E-state index >= 15 is 0 Å². The van der Waals surface area contributed by atoms with Gasteiger partial charge in [0.05, 0.1) is 0 Å². The van der Waals surface area contributed by atoms with E-state index in [1.165, 1.54) is 38.5 Å². The van der Waals surface area contributed by atoms with E-state index in [1.54, 1.807) is 0 Å². The van der Waals surface area contributed by atoms with Crippen molar-refractivity contribution >= 4 is 0 Å². The van der Waals surface area contributed by atoms with Gasteiger partial charge in [-0.25, -0.2) is 0 Å². The van der Waals surface area contributed by atoms with E-state index in [0.29, 0.717) is 6.04 Å². The van der Waals surface area contributed by atoms with E-state index in [9.17, 15) is 0 Å². The molecule has 0 aliphatic carbocycles. The number of unbranched alkanes of at least 4 members (excludes halogenated alkanes) is 3. The van der Waals surface area contributed by atoms with Crippen molar-refractivity contribution in [1.82, 2.24) is 5.32 Å². The lowest BCUT2D eigenvalue weighted by molar-refractivity contribution is 0.482. The zero-order chi connectivity index (χ0) is 9.94. The van der Waals surface area contributed by atoms with Crippen molar-refractivity contribution in [3.8, 4) is 0 Å². The highest BCUT2D eigenvalue weighted by Crippen LogP contribution is 2.00. The van der Waals surface area contributed by atoms with Crippen LogP contribution in [-0.4, -0.2) is 19.1 Å². The maximum Gasteiger partial charge on any atom is 0.00387 e. The van der Waals surface area contributed by atoms with Gasteiger partial charge in [-0.1, -0.05) is 26.2 Å². The Bertz CT molecular complexity index is 94.1. The van der Waals surface area contributed by atoms with Gasteiger partial charge in [0.15, 0.2) is 0 Å². The number of hydrogen-bond acceptors (Lipinski definition) is 2. The van der Waals surface area contributed by atoms with Crippen LogP contribution in [0.3, 0.4) is 0 Å². The lowest BCUT2D eigenvalue weighted by Gasteiger charge is -2.12. The molecule has 0 saturated heterocycles. The summed E-state index contributed by atoms with van der Waals surface area (Å²) in [4.78, 5) is 0. The van der Waals surface area contributed by atoms with Crippen LogP contribution in [0.5, 0.6) is 0 Å². The van der Waals surface area contributed by atoms with Crippen LogP contribution in [0.15, 0.2) is 0 Å². The van der Waals surface area contributed by atoms with Crippen molar-refractivity contribution in [3.63, 3.8) is 0 Å². The van der Waals surface area contributed by atoms with E-state index < -0.39 is 0 Å². The third-order valence-corrected chi connectivity index (χ3v) is 2.36. The molecule has 0 radical (unpaired) electrons. The van der Waals surface area contributed by atoms with Gasteiger partial charge in [0, 0.05) is 6.04 Å². The molecule has 2 nitrogen and oxygen atoms in total. The van der Waals surface area contributed by atoms with Gasteiger partial charge in [0.25, 0.3) is 0 Å². The summed E-state index contributed by atoms with van der Waals surface area (Å²) in [5, 5.41) is 3.54. The summed E-state index contributed by atoms with van der Waals surface area (Å²) in [7, 11) is 0. The van der Waals surface area contributed by atoms with Gasteiger partial charge in [0.2, 0.25) is 0 Å². The first-order valence-corrected chi connectivity index (χ1v) is 5.74. The molecule has 0 aliphatic heterocycles. The van der Waals surface area contributed by atoms with Gasteiger partial charge >= 0.3 is 0 Å². The minimum Gasteiger partial charge on any atom is -0.330 e. The third kappa shape index (κ3) is 9.84. The molecule has 0 bridgehead atoms. The zero-order valence-electron chi connectivity index (χ0n) is 9.31. The quantitative estimate of drug-likeness (QED) is 0.542. The first kappa shape index (κ1) is 12.9. The number of rotatable bonds is 9. The first-order chi connectivity index (χ1) is 6.31. The van der Waals surface area contributed by atoms with Gasteiger partial charge in [-0.15, -0.1) is 0 Å². The second-order valence-electron chi connectivity index (χ2n) is 3.85. The summed E-state index contributed by atoms with van der Waals surface area (Å²) in [6, 6.07) is 0.692. The normalized spacial score (nSPS) is 13.2. The molecule has 2 heteroatoms. The van der Waals surface area contributed by atoms with Crippen molar-refractivity contribution in [1.29, 1.82) is 0 Å². The van der Waals surface area contributed by atoms with E-state index in [-0.39, 0.29) is 0 Å². The molecule has 0 aliphatic rings. The van der Waals surface area contributed by atoms with Crippen LogP contribution in [0, 0.1) is 0 Å². The molecule has 0 heterocycles. The van der Waals surface area contributed by atoms with Crippen molar-refractivity contribution in [2.24, 2.45) is 5.73 Å². The molecule has 0 spiro atoms. The van der Waals surface area contributed by atoms with Crippen LogP contribution in [0.4, 0.5) is 0 Å². The second-order valence-corrected chi connectivity index (χ2v) is 3.85. The molecule has 3 N–H and O–H groups in total. The Morgan fingerprint density at radius 3 is 2.54 bits per heavy atom. The van der Waals surface area contributed by atoms with E-state index in [4.69, 9.17) is 5.73 Å². The molecule has 0 aromatic rings. The maximum absolute atomic E-state index is 5.42. The molecule has 0 rings (SSSR count). The van der Waals surface area contributed by atoms with Crippen LogP contribution in [-0.2, 0) is 0 Å². The molecule has 0 saturated carbocycles. The van der Waals surface area contributed by atoms with Crippen molar-refractivity contribution in [2.75, 3.05) is 13.1 Å². The van der Waals surface area contributed by atoms with Crippen LogP contribution in [0.1, 0.15) is 52.4 Å². The summed E-state index contributed by atoms with van der Waals surface area (Å²) in [5.41, 5.74) is 5.42. The second kappa shape index (κ2) is 10.0. The Balaban J connectivity index is 3.03. The number of nitrogens with one attached hydrogen (secondary N) is 1. The fourth-order valence-electron chi connectivity index (χ4n) is 1.41. The molecular weight excluding hydrogens is 160 g/mol. The van der Waals surface area contributed by atoms with Crippen molar-refractivity contribution < 1.29 is 0 Å². The minimum absolute atomic E-state index is 0.692. The molecule has 80 valence electrons. The predicted octanol–water partition coefficient (Wildman–Crippen LogP) is 2.28. The van der Waals surface area contributed by atoms with Gasteiger partial charge in [-0.3, -0.25) is 0 Å². The highest BCUT2D eigenvalue weighted by Gasteiger charge is 1.98. The van der Waals surface area contributed by atoms with Crippen LogP contribution in [0.25, 0.3) is 0 Å². The largest absolute Gasteiger partial charge is 0.330 e. The average Bonchev–Trinajstić information content (AvgIpc) is 2.14. The highest BCUT2D eigenvalue weighted by molar-refractivity contribution is 4.60. The van der Waals surface area contributed by atoms with Gasteiger partial charge in [-0.05, 0) is 39.3 Å². The summed E-state index contributed by atoms with van der Waals surface area (Å²) in [6.07, 6.45) is 7.67. The molecule has 0 fully saturated rings. The molecule has 1 unspecified atom stereocenters. The molecular formula is C11H26N2. The van der Waals surface area contributed by atoms with Crippen molar-refractivity contribution in [3.05, 3.63) is 0 Å². The summed E-state index contributed by atoms with van der Waals surface area (Å²) < 4.78 is 0. The molecule has 1 atom stereocenters. The van der Waals surface area contributed by atoms with E-state index in [1.807, 2.05) is 0 Å². The van der Waals surface area contributed by atoms with Crippen LogP contribution in [0.2, 0.25) is 0 Å². The van der Waals surface area contributed by atoms with Gasteiger partial charge < -0.3 is 11.1 Å². The fraction of sp³-hybridized carbons (Fsp3) is 1.00. The first-order valence-electron chi connectivity index (χ1n) is 5.74. The van der Waals surface area contributed by atoms with Crippen LogP contribution >= 0.6 is 0 Å². The Hall–Kier alpha value is -0.0800. The standard InChI is InChI=1S/C11H26N2/c1-3-4-8-11(2)13-10-7-5-6-9-12/h11,13H,3-10,12H2,1-2H3. The number of nitrogens with two attached hydrogens (primary N) is 1. The summed E-state index contributed by atoms with van der Waals surface area (Å²) in [5.74, 6) is 0. The van der Waals surface area contributed by atoms with Crippen LogP contribution < -0.4 is 11.1 Å². The monoisotopic (exact) mass is 186 g/mol. The SMILES string of the molecule is CCCCC(C)NCCCCCN. The molecule has 0 aromatic heterocycles. The molecule has 13 heavy (non-hydrogen) atoms. The highest BCUT2D eigenvalue weighted by atomic mass is 14.9.